The minimum absolute atomic E-state index is 0.0658. The first-order valence-electron chi connectivity index (χ1n) is 12.6. The lowest BCUT2D eigenvalue weighted by molar-refractivity contribution is -0.120. The highest BCUT2D eigenvalue weighted by Gasteiger charge is 2.39. The van der Waals surface area contributed by atoms with E-state index in [1.807, 2.05) is 20.8 Å². The van der Waals surface area contributed by atoms with Crippen molar-refractivity contribution in [3.63, 3.8) is 0 Å². The average molecular weight is 468 g/mol. The fraction of sp³-hybridized carbons (Fsp3) is 0.577. The molecule has 0 bridgehead atoms. The number of carbonyl (C=O) groups excluding carboxylic acids is 1. The highest BCUT2D eigenvalue weighted by molar-refractivity contribution is 5.97. The molecule has 1 aromatic carbocycles. The van der Waals surface area contributed by atoms with Crippen LogP contribution in [0.3, 0.4) is 0 Å². The van der Waals surface area contributed by atoms with Crippen molar-refractivity contribution in [2.24, 2.45) is 5.92 Å². The Bertz CT molecular complexity index is 1150. The number of aromatic nitrogens is 2. The third-order valence-corrected chi connectivity index (χ3v) is 6.90. The fourth-order valence-electron chi connectivity index (χ4n) is 5.08. The number of benzene rings is 1. The number of amides is 1. The van der Waals surface area contributed by atoms with Crippen molar-refractivity contribution in [1.82, 2.24) is 14.5 Å². The van der Waals surface area contributed by atoms with E-state index in [1.54, 1.807) is 0 Å². The first-order valence-corrected chi connectivity index (χ1v) is 12.6. The Morgan fingerprint density at radius 1 is 1.21 bits per heavy atom. The molecule has 8 nitrogen and oxygen atoms in total. The number of H-pyrrole nitrogens is 1. The molecule has 1 fully saturated rings. The van der Waals surface area contributed by atoms with E-state index in [1.165, 1.54) is 20.6 Å². The van der Waals surface area contributed by atoms with Gasteiger partial charge in [-0.25, -0.2) is 4.79 Å². The second-order valence-electron chi connectivity index (χ2n) is 10.1. The molecule has 1 aromatic heterocycles. The van der Waals surface area contributed by atoms with Gasteiger partial charge in [-0.1, -0.05) is 51.5 Å². The van der Waals surface area contributed by atoms with Gasteiger partial charge in [-0.3, -0.25) is 24.0 Å². The van der Waals surface area contributed by atoms with Crippen LogP contribution >= 0.6 is 0 Å². The van der Waals surface area contributed by atoms with Crippen LogP contribution in [0.15, 0.2) is 33.9 Å². The monoisotopic (exact) mass is 467 g/mol. The van der Waals surface area contributed by atoms with Crippen LogP contribution in [0.1, 0.15) is 70.0 Å². The predicted molar refractivity (Wildman–Crippen MR) is 135 cm³/mol. The maximum absolute atomic E-state index is 13.8. The Kier molecular flexibility index (Phi) is 7.26. The van der Waals surface area contributed by atoms with Gasteiger partial charge in [0.25, 0.3) is 5.56 Å². The van der Waals surface area contributed by atoms with Crippen molar-refractivity contribution in [2.45, 2.75) is 77.9 Å². The van der Waals surface area contributed by atoms with E-state index in [9.17, 15) is 14.4 Å². The van der Waals surface area contributed by atoms with Crippen LogP contribution in [0.2, 0.25) is 0 Å². The summed E-state index contributed by atoms with van der Waals surface area (Å²) in [5.74, 6) is 0.0825. The molecule has 2 aliphatic carbocycles. The topological polar surface area (TPSA) is 104 Å². The number of nitrogens with one attached hydrogen (secondary N) is 1. The van der Waals surface area contributed by atoms with E-state index in [4.69, 9.17) is 5.73 Å². The van der Waals surface area contributed by atoms with E-state index < -0.39 is 11.2 Å². The van der Waals surface area contributed by atoms with E-state index in [0.29, 0.717) is 19.1 Å². The maximum Gasteiger partial charge on any atom is 0.330 e. The van der Waals surface area contributed by atoms with E-state index in [2.05, 4.69) is 34.1 Å². The number of fused-ring (bicyclic) bond motifs is 1. The number of hydrogen-bond acceptors (Lipinski definition) is 5. The van der Waals surface area contributed by atoms with E-state index in [0.717, 1.165) is 38.5 Å². The van der Waals surface area contributed by atoms with Crippen molar-refractivity contribution in [1.29, 1.82) is 0 Å². The third kappa shape index (κ3) is 4.97. The molecule has 3 N–H and O–H groups in total. The molecular weight excluding hydrogens is 430 g/mol. The molecule has 1 unspecified atom stereocenters. The summed E-state index contributed by atoms with van der Waals surface area (Å²) >= 11 is 0. The van der Waals surface area contributed by atoms with Crippen LogP contribution in [0.25, 0.3) is 0 Å². The molecule has 34 heavy (non-hydrogen) atoms. The Hall–Kier alpha value is -2.87. The number of aromatic amines is 1. The van der Waals surface area contributed by atoms with Gasteiger partial charge in [0.2, 0.25) is 5.91 Å². The number of hydrogen-bond donors (Lipinski definition) is 2. The number of unbranched alkanes of at least 4 members (excludes halogenated alkanes) is 1. The number of anilines is 2. The standard InChI is InChI=1S/C26H37N5O3/c1-4-5-14-29(23-24(27)31(15-17(2)3)26(34)28-25(23)33)22(32)16-30(19-11-12-19)21-13-10-18-8-6-7-9-20(18)21/h6-9,17,19,21H,4-5,10-16,27H2,1-3H3,(H,28,33,34). The van der Waals surface area contributed by atoms with Crippen molar-refractivity contribution in [2.75, 3.05) is 23.7 Å². The molecule has 0 saturated heterocycles. The summed E-state index contributed by atoms with van der Waals surface area (Å²) in [6, 6.07) is 9.09. The summed E-state index contributed by atoms with van der Waals surface area (Å²) < 4.78 is 1.37. The first kappa shape index (κ1) is 24.3. The first-order chi connectivity index (χ1) is 16.3. The quantitative estimate of drug-likeness (QED) is 0.559. The average Bonchev–Trinajstić information content (AvgIpc) is 3.55. The van der Waals surface area contributed by atoms with Crippen LogP contribution in [0.4, 0.5) is 11.5 Å². The minimum Gasteiger partial charge on any atom is -0.383 e. The maximum atomic E-state index is 13.8. The van der Waals surface area contributed by atoms with Crippen molar-refractivity contribution in [3.05, 3.63) is 56.2 Å². The smallest absolute Gasteiger partial charge is 0.330 e. The molecule has 4 rings (SSSR count). The van der Waals surface area contributed by atoms with Crippen LogP contribution in [-0.2, 0) is 17.8 Å². The van der Waals surface area contributed by atoms with Crippen molar-refractivity contribution >= 4 is 17.4 Å². The number of carbonyl (C=O) groups is 1. The molecule has 1 atom stereocenters. The van der Waals surface area contributed by atoms with Gasteiger partial charge in [-0.05, 0) is 49.1 Å². The zero-order valence-corrected chi connectivity index (χ0v) is 20.5. The highest BCUT2D eigenvalue weighted by Crippen LogP contribution is 2.41. The van der Waals surface area contributed by atoms with Gasteiger partial charge < -0.3 is 10.6 Å². The molecular formula is C26H37N5O3. The molecule has 2 aromatic rings. The molecule has 184 valence electrons. The van der Waals surface area contributed by atoms with Crippen LogP contribution in [0, 0.1) is 5.92 Å². The van der Waals surface area contributed by atoms with Gasteiger partial charge in [0.1, 0.15) is 5.82 Å². The normalized spacial score (nSPS) is 17.4. The summed E-state index contributed by atoms with van der Waals surface area (Å²) in [6.45, 7) is 6.99. The number of rotatable bonds is 10. The molecule has 2 aliphatic rings. The van der Waals surface area contributed by atoms with Gasteiger partial charge in [-0.2, -0.15) is 0 Å². The predicted octanol–water partition coefficient (Wildman–Crippen LogP) is 3.06. The van der Waals surface area contributed by atoms with Gasteiger partial charge in [0.05, 0.1) is 6.54 Å². The second-order valence-corrected chi connectivity index (χ2v) is 10.1. The van der Waals surface area contributed by atoms with Gasteiger partial charge in [-0.15, -0.1) is 0 Å². The number of nitrogens with two attached hydrogens (primary N) is 1. The second kappa shape index (κ2) is 10.2. The largest absolute Gasteiger partial charge is 0.383 e. The highest BCUT2D eigenvalue weighted by atomic mass is 16.2. The van der Waals surface area contributed by atoms with Crippen LogP contribution < -0.4 is 21.9 Å². The van der Waals surface area contributed by atoms with Crippen LogP contribution in [-0.4, -0.2) is 39.5 Å². The Balaban J connectivity index is 1.66. The van der Waals surface area contributed by atoms with Gasteiger partial charge in [0, 0.05) is 25.2 Å². The Morgan fingerprint density at radius 3 is 2.62 bits per heavy atom. The summed E-state index contributed by atoms with van der Waals surface area (Å²) in [5.41, 5.74) is 7.99. The molecule has 1 saturated carbocycles. The third-order valence-electron chi connectivity index (χ3n) is 6.90. The molecule has 1 heterocycles. The summed E-state index contributed by atoms with van der Waals surface area (Å²) in [4.78, 5) is 45.3. The lowest BCUT2D eigenvalue weighted by atomic mass is 10.1. The van der Waals surface area contributed by atoms with E-state index >= 15 is 0 Å². The molecule has 8 heteroatoms. The molecule has 1 amide bonds. The molecule has 0 radical (unpaired) electrons. The minimum atomic E-state index is -0.601. The lowest BCUT2D eigenvalue weighted by Gasteiger charge is -2.32. The van der Waals surface area contributed by atoms with E-state index in [-0.39, 0.29) is 35.9 Å². The summed E-state index contributed by atoms with van der Waals surface area (Å²) in [6.07, 6.45) is 5.80. The van der Waals surface area contributed by atoms with Gasteiger partial charge in [0.15, 0.2) is 5.69 Å². The number of nitrogen functional groups attached to an aromatic ring is 1. The molecule has 0 aliphatic heterocycles. The van der Waals surface area contributed by atoms with Crippen LogP contribution in [0.5, 0.6) is 0 Å². The lowest BCUT2D eigenvalue weighted by Crippen LogP contribution is -2.46. The zero-order valence-electron chi connectivity index (χ0n) is 20.5. The fourth-order valence-corrected chi connectivity index (χ4v) is 5.08. The number of aryl methyl sites for hydroxylation is 1. The van der Waals surface area contributed by atoms with Crippen molar-refractivity contribution < 1.29 is 4.79 Å². The molecule has 0 spiro atoms. The Morgan fingerprint density at radius 2 is 1.94 bits per heavy atom. The van der Waals surface area contributed by atoms with Gasteiger partial charge >= 0.3 is 5.69 Å². The summed E-state index contributed by atoms with van der Waals surface area (Å²) in [7, 11) is 0. The summed E-state index contributed by atoms with van der Waals surface area (Å²) in [5, 5.41) is 0. The number of nitrogens with zero attached hydrogens (tertiary/aromatic N) is 3. The SMILES string of the molecule is CCCCN(C(=O)CN(C1CC1)C1CCc2ccccc21)c1c(N)n(CC(C)C)c(=O)[nH]c1=O. The van der Waals surface area contributed by atoms with Crippen molar-refractivity contribution in [3.8, 4) is 0 Å². The Labute approximate surface area is 200 Å². The zero-order chi connectivity index (χ0) is 24.4.